The third-order valence-electron chi connectivity index (χ3n) is 6.51. The summed E-state index contributed by atoms with van der Waals surface area (Å²) >= 11 is 0. The SMILES string of the molecule is CCc1cc(O)cc(O)c1.CCc1cc(OC)cc(OC)c1.CCc1ccc(O)cc1O.CCc1ccc(OC)cc1OC. The molecule has 44 heavy (non-hydrogen) atoms. The minimum atomic E-state index is 0.106. The van der Waals surface area contributed by atoms with E-state index in [-0.39, 0.29) is 23.0 Å². The average Bonchev–Trinajstić information content (AvgIpc) is 3.04. The van der Waals surface area contributed by atoms with Gasteiger partial charge in [-0.15, -0.1) is 0 Å². The summed E-state index contributed by atoms with van der Waals surface area (Å²) in [5, 5.41) is 35.9. The lowest BCUT2D eigenvalue weighted by molar-refractivity contribution is 0.391. The third-order valence-corrected chi connectivity index (χ3v) is 6.51. The van der Waals surface area contributed by atoms with Gasteiger partial charge in [-0.2, -0.15) is 0 Å². The van der Waals surface area contributed by atoms with Crippen LogP contribution in [0.3, 0.4) is 0 Å². The Bertz CT molecular complexity index is 1330. The summed E-state index contributed by atoms with van der Waals surface area (Å²) in [6, 6.07) is 21.0. The van der Waals surface area contributed by atoms with Gasteiger partial charge in [0.25, 0.3) is 0 Å². The highest BCUT2D eigenvalue weighted by Crippen LogP contribution is 2.25. The number of aromatic hydroxyl groups is 4. The maximum absolute atomic E-state index is 9.13. The monoisotopic (exact) mass is 608 g/mol. The van der Waals surface area contributed by atoms with E-state index in [4.69, 9.17) is 39.4 Å². The summed E-state index contributed by atoms with van der Waals surface area (Å²) in [5.41, 5.74) is 4.24. The van der Waals surface area contributed by atoms with Crippen molar-refractivity contribution in [3.05, 3.63) is 95.1 Å². The second-order valence-electron chi connectivity index (χ2n) is 9.48. The van der Waals surface area contributed by atoms with Crippen LogP contribution in [0, 0.1) is 0 Å². The minimum Gasteiger partial charge on any atom is -0.508 e. The molecule has 0 fully saturated rings. The molecule has 8 nitrogen and oxygen atoms in total. The van der Waals surface area contributed by atoms with E-state index in [2.05, 4.69) is 13.8 Å². The van der Waals surface area contributed by atoms with Crippen LogP contribution in [0.1, 0.15) is 49.9 Å². The molecule has 0 aromatic heterocycles. The number of methoxy groups -OCH3 is 4. The van der Waals surface area contributed by atoms with E-state index < -0.39 is 0 Å². The Hall–Kier alpha value is -4.72. The van der Waals surface area contributed by atoms with Crippen molar-refractivity contribution in [1.29, 1.82) is 0 Å². The van der Waals surface area contributed by atoms with E-state index in [1.807, 2.05) is 50.2 Å². The molecule has 0 unspecified atom stereocenters. The fourth-order valence-electron chi connectivity index (χ4n) is 3.93. The van der Waals surface area contributed by atoms with Gasteiger partial charge >= 0.3 is 0 Å². The van der Waals surface area contributed by atoms with Crippen molar-refractivity contribution in [3.8, 4) is 46.0 Å². The van der Waals surface area contributed by atoms with E-state index in [0.717, 1.165) is 59.8 Å². The smallest absolute Gasteiger partial charge is 0.125 e. The van der Waals surface area contributed by atoms with Crippen molar-refractivity contribution >= 4 is 0 Å². The molecule has 0 heterocycles. The summed E-state index contributed by atoms with van der Waals surface area (Å²) in [4.78, 5) is 0. The van der Waals surface area contributed by atoms with Gasteiger partial charge < -0.3 is 39.4 Å². The van der Waals surface area contributed by atoms with Gasteiger partial charge in [-0.25, -0.2) is 0 Å². The maximum atomic E-state index is 9.13. The lowest BCUT2D eigenvalue weighted by atomic mass is 10.1. The number of ether oxygens (including phenoxy) is 4. The van der Waals surface area contributed by atoms with Gasteiger partial charge in [0.2, 0.25) is 0 Å². The molecule has 0 saturated carbocycles. The number of phenolic OH excluding ortho intramolecular Hbond substituents is 4. The number of phenols is 4. The van der Waals surface area contributed by atoms with Crippen LogP contribution in [-0.4, -0.2) is 48.9 Å². The Morgan fingerprint density at radius 2 is 0.932 bits per heavy atom. The fraction of sp³-hybridized carbons (Fsp3) is 0.333. The largest absolute Gasteiger partial charge is 0.508 e. The zero-order chi connectivity index (χ0) is 33.1. The van der Waals surface area contributed by atoms with Crippen molar-refractivity contribution in [2.45, 2.75) is 53.4 Å². The molecule has 240 valence electrons. The van der Waals surface area contributed by atoms with E-state index >= 15 is 0 Å². The van der Waals surface area contributed by atoms with Crippen molar-refractivity contribution in [1.82, 2.24) is 0 Å². The predicted octanol–water partition coefficient (Wildman–Crippen LogP) is 7.85. The fourth-order valence-corrected chi connectivity index (χ4v) is 3.93. The molecule has 4 aromatic rings. The molecule has 4 aromatic carbocycles. The molecule has 0 radical (unpaired) electrons. The highest BCUT2D eigenvalue weighted by Gasteiger charge is 2.02. The van der Waals surface area contributed by atoms with Crippen LogP contribution in [0.15, 0.2) is 72.8 Å². The van der Waals surface area contributed by atoms with Crippen molar-refractivity contribution < 1.29 is 39.4 Å². The Balaban J connectivity index is 0.000000294. The number of rotatable bonds is 8. The Kier molecular flexibility index (Phi) is 17.2. The second-order valence-corrected chi connectivity index (χ2v) is 9.48. The highest BCUT2D eigenvalue weighted by atomic mass is 16.5. The average molecular weight is 609 g/mol. The number of hydrogen-bond donors (Lipinski definition) is 4. The quantitative estimate of drug-likeness (QED) is 0.160. The second kappa shape index (κ2) is 20.2. The van der Waals surface area contributed by atoms with Crippen LogP contribution in [0.2, 0.25) is 0 Å². The molecular formula is C36H48O8. The Labute approximate surface area is 262 Å². The topological polar surface area (TPSA) is 118 Å². The van der Waals surface area contributed by atoms with Crippen molar-refractivity contribution in [2.24, 2.45) is 0 Å². The van der Waals surface area contributed by atoms with Gasteiger partial charge in [-0.1, -0.05) is 39.8 Å². The Morgan fingerprint density at radius 3 is 1.36 bits per heavy atom. The molecular weight excluding hydrogens is 560 g/mol. The molecule has 0 aliphatic heterocycles. The normalized spacial score (nSPS) is 9.64. The minimum absolute atomic E-state index is 0.106. The molecule has 0 aliphatic rings. The first kappa shape index (κ1) is 37.3. The maximum Gasteiger partial charge on any atom is 0.125 e. The van der Waals surface area contributed by atoms with Gasteiger partial charge in [0, 0.05) is 24.3 Å². The highest BCUT2D eigenvalue weighted by molar-refractivity contribution is 5.41. The van der Waals surface area contributed by atoms with Crippen molar-refractivity contribution in [2.75, 3.05) is 28.4 Å². The number of benzene rings is 4. The summed E-state index contributed by atoms with van der Waals surface area (Å²) in [7, 11) is 6.65. The summed E-state index contributed by atoms with van der Waals surface area (Å²) in [5.74, 6) is 3.96. The van der Waals surface area contributed by atoms with Gasteiger partial charge in [0.1, 0.15) is 46.0 Å². The van der Waals surface area contributed by atoms with Gasteiger partial charge in [-0.05, 0) is 84.3 Å². The zero-order valence-corrected chi connectivity index (χ0v) is 27.2. The van der Waals surface area contributed by atoms with Crippen molar-refractivity contribution in [3.63, 3.8) is 0 Å². The van der Waals surface area contributed by atoms with E-state index in [1.54, 1.807) is 52.7 Å². The van der Waals surface area contributed by atoms with Crippen LogP contribution >= 0.6 is 0 Å². The van der Waals surface area contributed by atoms with Crippen LogP contribution in [0.4, 0.5) is 0 Å². The first-order chi connectivity index (χ1) is 21.1. The molecule has 4 rings (SSSR count). The van der Waals surface area contributed by atoms with E-state index in [0.29, 0.717) is 0 Å². The van der Waals surface area contributed by atoms with E-state index in [1.165, 1.54) is 23.3 Å². The lowest BCUT2D eigenvalue weighted by Crippen LogP contribution is -1.91. The molecule has 0 bridgehead atoms. The molecule has 0 amide bonds. The molecule has 4 N–H and O–H groups in total. The van der Waals surface area contributed by atoms with Crippen LogP contribution in [0.5, 0.6) is 46.0 Å². The van der Waals surface area contributed by atoms with E-state index in [9.17, 15) is 0 Å². The number of aryl methyl sites for hydroxylation is 4. The molecule has 0 aliphatic carbocycles. The summed E-state index contributed by atoms with van der Waals surface area (Å²) < 4.78 is 20.5. The summed E-state index contributed by atoms with van der Waals surface area (Å²) in [6.45, 7) is 8.12. The van der Waals surface area contributed by atoms with Gasteiger partial charge in [0.15, 0.2) is 0 Å². The first-order valence-corrected chi connectivity index (χ1v) is 14.5. The van der Waals surface area contributed by atoms with Crippen LogP contribution in [-0.2, 0) is 25.7 Å². The lowest BCUT2D eigenvalue weighted by Gasteiger charge is -2.07. The molecule has 0 saturated heterocycles. The molecule has 0 atom stereocenters. The predicted molar refractivity (Wildman–Crippen MR) is 176 cm³/mol. The van der Waals surface area contributed by atoms with Crippen LogP contribution in [0.25, 0.3) is 0 Å². The zero-order valence-electron chi connectivity index (χ0n) is 27.2. The molecule has 0 spiro atoms. The van der Waals surface area contributed by atoms with Crippen LogP contribution < -0.4 is 18.9 Å². The Morgan fingerprint density at radius 1 is 0.432 bits per heavy atom. The van der Waals surface area contributed by atoms with Gasteiger partial charge in [-0.3, -0.25) is 0 Å². The van der Waals surface area contributed by atoms with Gasteiger partial charge in [0.05, 0.1) is 28.4 Å². The number of hydrogen-bond acceptors (Lipinski definition) is 8. The standard InChI is InChI=1S/2C10H14O2.2C8H10O2/c1-4-8-5-9(11-2)7-10(6-8)12-3;1-4-8-5-6-9(11-2)7-10(8)12-3;1-2-6-3-7(9)5-8(10)4-6;1-2-6-3-4-7(9)5-8(6)10/h2*5-7H,4H2,1-3H3;2*3-5,9-10H,2H2,1H3. The first-order valence-electron chi connectivity index (χ1n) is 14.5. The third kappa shape index (κ3) is 13.1. The summed E-state index contributed by atoms with van der Waals surface area (Å²) in [6.07, 6.45) is 3.58. The molecule has 8 heteroatoms.